The average Bonchev–Trinajstić information content (AvgIpc) is 3.19. The number of allylic oxidation sites excluding steroid dienone is 6. The number of rotatable bonds is 6. The van der Waals surface area contributed by atoms with Gasteiger partial charge in [0.05, 0.1) is 5.71 Å². The second kappa shape index (κ2) is 7.98. The first kappa shape index (κ1) is 16.6. The maximum atomic E-state index is 4.79. The van der Waals surface area contributed by atoms with Gasteiger partial charge >= 0.3 is 0 Å². The van der Waals surface area contributed by atoms with Crippen LogP contribution in [-0.4, -0.2) is 19.0 Å². The van der Waals surface area contributed by atoms with E-state index in [0.29, 0.717) is 0 Å². The molecular weight excluding hydrogens is 244 g/mol. The smallest absolute Gasteiger partial charge is 0.0716 e. The molecular formula is C18H28N2. The Morgan fingerprint density at radius 2 is 1.80 bits per heavy atom. The van der Waals surface area contributed by atoms with Crippen molar-refractivity contribution in [3.63, 3.8) is 0 Å². The number of hydrogen-bond acceptors (Lipinski definition) is 2. The lowest BCUT2D eigenvalue weighted by Gasteiger charge is -2.09. The van der Waals surface area contributed by atoms with Gasteiger partial charge in [-0.05, 0) is 65.9 Å². The van der Waals surface area contributed by atoms with Gasteiger partial charge in [-0.15, -0.1) is 0 Å². The third-order valence-corrected chi connectivity index (χ3v) is 3.62. The Morgan fingerprint density at radius 3 is 2.25 bits per heavy atom. The molecule has 0 bridgehead atoms. The van der Waals surface area contributed by atoms with Crippen molar-refractivity contribution in [1.29, 1.82) is 0 Å². The van der Waals surface area contributed by atoms with Gasteiger partial charge in [0.25, 0.3) is 0 Å². The van der Waals surface area contributed by atoms with Crippen LogP contribution in [-0.2, 0) is 0 Å². The van der Waals surface area contributed by atoms with E-state index in [-0.39, 0.29) is 0 Å². The van der Waals surface area contributed by atoms with Gasteiger partial charge in [0.15, 0.2) is 0 Å². The van der Waals surface area contributed by atoms with Crippen molar-refractivity contribution in [3.05, 3.63) is 34.6 Å². The zero-order chi connectivity index (χ0) is 15.1. The lowest BCUT2D eigenvalue weighted by molar-refractivity contribution is 0.819. The predicted octanol–water partition coefficient (Wildman–Crippen LogP) is 5.13. The highest BCUT2D eigenvalue weighted by molar-refractivity contribution is 6.22. The van der Waals surface area contributed by atoms with Crippen LogP contribution in [0.4, 0.5) is 0 Å². The van der Waals surface area contributed by atoms with Crippen molar-refractivity contribution in [1.82, 2.24) is 0 Å². The molecule has 0 atom stereocenters. The van der Waals surface area contributed by atoms with E-state index in [1.165, 1.54) is 36.0 Å². The maximum absolute atomic E-state index is 4.79. The van der Waals surface area contributed by atoms with E-state index < -0.39 is 0 Å². The highest BCUT2D eigenvalue weighted by Gasteiger charge is 2.22. The lowest BCUT2D eigenvalue weighted by Crippen LogP contribution is -2.05. The predicted molar refractivity (Wildman–Crippen MR) is 90.8 cm³/mol. The molecule has 0 heterocycles. The molecule has 0 N–H and O–H groups in total. The molecule has 0 saturated heterocycles. The monoisotopic (exact) mass is 272 g/mol. The molecule has 1 saturated carbocycles. The summed E-state index contributed by atoms with van der Waals surface area (Å²) < 4.78 is 0. The first-order valence-electron chi connectivity index (χ1n) is 7.47. The minimum Gasteiger partial charge on any atom is -0.296 e. The van der Waals surface area contributed by atoms with E-state index in [9.17, 15) is 0 Å². The third kappa shape index (κ3) is 5.28. The zero-order valence-electron chi connectivity index (χ0n) is 13.8. The van der Waals surface area contributed by atoms with E-state index in [2.05, 4.69) is 38.8 Å². The molecule has 1 aliphatic carbocycles. The van der Waals surface area contributed by atoms with E-state index in [4.69, 9.17) is 4.99 Å². The molecule has 1 fully saturated rings. The van der Waals surface area contributed by atoms with Crippen LogP contribution in [0, 0.1) is 5.92 Å². The minimum atomic E-state index is 0.881. The van der Waals surface area contributed by atoms with Gasteiger partial charge in [-0.1, -0.05) is 17.2 Å². The summed E-state index contributed by atoms with van der Waals surface area (Å²) in [5, 5.41) is 0. The SMILES string of the molecule is C\C=C/C(=N\C(C)=C(C)C)C(/C=N\C)=C(\C)CC1CC1. The summed E-state index contributed by atoms with van der Waals surface area (Å²) in [5.41, 5.74) is 5.93. The van der Waals surface area contributed by atoms with Gasteiger partial charge in [0, 0.05) is 24.5 Å². The van der Waals surface area contributed by atoms with Crippen LogP contribution in [0.5, 0.6) is 0 Å². The number of aliphatic imine (C=N–C) groups is 2. The summed E-state index contributed by atoms with van der Waals surface area (Å²) in [5.74, 6) is 0.881. The molecule has 0 unspecified atom stereocenters. The molecule has 110 valence electrons. The van der Waals surface area contributed by atoms with Crippen molar-refractivity contribution in [3.8, 4) is 0 Å². The Bertz CT molecular complexity index is 480. The maximum Gasteiger partial charge on any atom is 0.0716 e. The average molecular weight is 272 g/mol. The summed E-state index contributed by atoms with van der Waals surface area (Å²) in [6.45, 7) is 10.5. The van der Waals surface area contributed by atoms with Crippen molar-refractivity contribution in [2.75, 3.05) is 7.05 Å². The molecule has 0 spiro atoms. The fourth-order valence-electron chi connectivity index (χ4n) is 2.03. The Labute approximate surface area is 124 Å². The van der Waals surface area contributed by atoms with E-state index in [0.717, 1.165) is 17.3 Å². The molecule has 0 radical (unpaired) electrons. The molecule has 0 aromatic rings. The minimum absolute atomic E-state index is 0.881. The summed E-state index contributed by atoms with van der Waals surface area (Å²) in [6, 6.07) is 0. The second-order valence-electron chi connectivity index (χ2n) is 5.81. The summed E-state index contributed by atoms with van der Waals surface area (Å²) in [6.07, 6.45) is 10.00. The fraction of sp³-hybridized carbons (Fsp3) is 0.556. The van der Waals surface area contributed by atoms with Gasteiger partial charge in [-0.25, -0.2) is 0 Å². The molecule has 1 rings (SSSR count). The number of nitrogens with zero attached hydrogens (tertiary/aromatic N) is 2. The van der Waals surface area contributed by atoms with E-state index >= 15 is 0 Å². The van der Waals surface area contributed by atoms with Crippen molar-refractivity contribution in [2.24, 2.45) is 15.9 Å². The van der Waals surface area contributed by atoms with Crippen molar-refractivity contribution < 1.29 is 0 Å². The van der Waals surface area contributed by atoms with Gasteiger partial charge < -0.3 is 0 Å². The first-order chi connectivity index (χ1) is 9.49. The molecule has 0 aromatic heterocycles. The van der Waals surface area contributed by atoms with Gasteiger partial charge in [-0.2, -0.15) is 0 Å². The molecule has 0 aliphatic heterocycles. The van der Waals surface area contributed by atoms with Crippen LogP contribution in [0.25, 0.3) is 0 Å². The van der Waals surface area contributed by atoms with Crippen LogP contribution in [0.2, 0.25) is 0 Å². The van der Waals surface area contributed by atoms with Crippen LogP contribution in [0.15, 0.2) is 44.6 Å². The van der Waals surface area contributed by atoms with E-state index in [1.54, 1.807) is 0 Å². The molecule has 2 heteroatoms. The van der Waals surface area contributed by atoms with Gasteiger partial charge in [0.2, 0.25) is 0 Å². The Morgan fingerprint density at radius 1 is 1.15 bits per heavy atom. The van der Waals surface area contributed by atoms with Crippen molar-refractivity contribution in [2.45, 2.75) is 53.9 Å². The van der Waals surface area contributed by atoms with E-state index in [1.807, 2.05) is 26.3 Å². The quantitative estimate of drug-likeness (QED) is 0.598. The Balaban J connectivity index is 3.21. The summed E-state index contributed by atoms with van der Waals surface area (Å²) in [4.78, 5) is 9.02. The largest absolute Gasteiger partial charge is 0.296 e. The zero-order valence-corrected chi connectivity index (χ0v) is 13.8. The fourth-order valence-corrected chi connectivity index (χ4v) is 2.03. The van der Waals surface area contributed by atoms with Crippen LogP contribution >= 0.6 is 0 Å². The van der Waals surface area contributed by atoms with Crippen LogP contribution < -0.4 is 0 Å². The van der Waals surface area contributed by atoms with Crippen LogP contribution in [0.1, 0.15) is 53.9 Å². The lowest BCUT2D eigenvalue weighted by atomic mass is 10.00. The van der Waals surface area contributed by atoms with Crippen LogP contribution in [0.3, 0.4) is 0 Å². The number of hydrogen-bond donors (Lipinski definition) is 0. The third-order valence-electron chi connectivity index (χ3n) is 3.62. The molecule has 20 heavy (non-hydrogen) atoms. The Hall–Kier alpha value is -1.44. The molecule has 0 amide bonds. The standard InChI is InChI=1S/C18H28N2/c1-7-8-18(20-15(5)13(2)3)17(12-19-6)14(4)11-16-9-10-16/h7-8,12,16H,9-11H2,1-6H3/b8-7-,17-14+,19-12-,20-18+. The first-order valence-corrected chi connectivity index (χ1v) is 7.47. The van der Waals surface area contributed by atoms with Gasteiger partial charge in [0.1, 0.15) is 0 Å². The molecule has 0 aromatic carbocycles. The highest BCUT2D eigenvalue weighted by Crippen LogP contribution is 2.35. The highest BCUT2D eigenvalue weighted by atomic mass is 14.8. The Kier molecular flexibility index (Phi) is 6.63. The topological polar surface area (TPSA) is 24.7 Å². The van der Waals surface area contributed by atoms with Crippen molar-refractivity contribution >= 4 is 11.9 Å². The molecule has 1 aliphatic rings. The van der Waals surface area contributed by atoms with Gasteiger partial charge in [-0.3, -0.25) is 9.98 Å². The summed E-state index contributed by atoms with van der Waals surface area (Å²) in [7, 11) is 1.82. The second-order valence-corrected chi connectivity index (χ2v) is 5.81. The summed E-state index contributed by atoms with van der Waals surface area (Å²) >= 11 is 0. The molecule has 2 nitrogen and oxygen atoms in total. The normalized spacial score (nSPS) is 17.8.